The molecule has 0 bridgehead atoms. The van der Waals surface area contributed by atoms with Crippen LogP contribution in [0, 0.1) is 5.41 Å². The molecule has 2 aliphatic rings. The fraction of sp³-hybridized carbons (Fsp3) is 0.875. The summed E-state index contributed by atoms with van der Waals surface area (Å²) in [7, 11) is 0. The molecular formula is C16H29NO. The molecule has 0 radical (unpaired) electrons. The maximum Gasteiger partial charge on any atom is 0.0587 e. The van der Waals surface area contributed by atoms with Crippen molar-refractivity contribution in [3.8, 4) is 0 Å². The van der Waals surface area contributed by atoms with E-state index >= 15 is 0 Å². The standard InChI is InChI=1S/C16H29NO/c1-13-4-5-15(12-14(2)18-13)6-7-16(3)8-10-17-11-9-16/h5,13-14,17H,4,6-12H2,1-3H3/t13-,14+/m1/s1. The summed E-state index contributed by atoms with van der Waals surface area (Å²) in [6.07, 6.45) is 10.8. The predicted octanol–water partition coefficient (Wildman–Crippen LogP) is 3.67. The average Bonchev–Trinajstić information content (AvgIpc) is 2.49. The summed E-state index contributed by atoms with van der Waals surface area (Å²) >= 11 is 0. The lowest BCUT2D eigenvalue weighted by Gasteiger charge is -2.34. The van der Waals surface area contributed by atoms with Gasteiger partial charge in [-0.2, -0.15) is 0 Å². The Labute approximate surface area is 112 Å². The minimum atomic E-state index is 0.395. The molecule has 2 atom stereocenters. The molecular weight excluding hydrogens is 222 g/mol. The normalized spacial score (nSPS) is 32.7. The van der Waals surface area contributed by atoms with Crippen LogP contribution in [-0.4, -0.2) is 25.3 Å². The van der Waals surface area contributed by atoms with E-state index in [0.717, 1.165) is 12.8 Å². The van der Waals surface area contributed by atoms with Crippen molar-refractivity contribution in [1.29, 1.82) is 0 Å². The molecule has 1 N–H and O–H groups in total. The van der Waals surface area contributed by atoms with Gasteiger partial charge in [0.15, 0.2) is 0 Å². The second kappa shape index (κ2) is 6.21. The van der Waals surface area contributed by atoms with E-state index in [4.69, 9.17) is 4.74 Å². The molecule has 0 aliphatic carbocycles. The summed E-state index contributed by atoms with van der Waals surface area (Å²) in [5, 5.41) is 3.47. The van der Waals surface area contributed by atoms with Crippen molar-refractivity contribution in [1.82, 2.24) is 5.32 Å². The highest BCUT2D eigenvalue weighted by Crippen LogP contribution is 2.35. The summed E-state index contributed by atoms with van der Waals surface area (Å²) in [5.74, 6) is 0. The monoisotopic (exact) mass is 251 g/mol. The molecule has 2 rings (SSSR count). The molecule has 2 aliphatic heterocycles. The molecule has 104 valence electrons. The largest absolute Gasteiger partial charge is 0.375 e. The number of piperidine rings is 1. The zero-order valence-electron chi connectivity index (χ0n) is 12.3. The van der Waals surface area contributed by atoms with Crippen molar-refractivity contribution in [2.75, 3.05) is 13.1 Å². The third-order valence-corrected chi connectivity index (χ3v) is 4.61. The summed E-state index contributed by atoms with van der Waals surface area (Å²) in [6, 6.07) is 0. The number of rotatable bonds is 3. The Balaban J connectivity index is 1.85. The molecule has 1 saturated heterocycles. The smallest absolute Gasteiger partial charge is 0.0587 e. The first-order chi connectivity index (χ1) is 8.57. The van der Waals surface area contributed by atoms with E-state index in [1.54, 1.807) is 5.57 Å². The van der Waals surface area contributed by atoms with Gasteiger partial charge in [0.2, 0.25) is 0 Å². The Kier molecular flexibility index (Phi) is 4.85. The van der Waals surface area contributed by atoms with Crippen LogP contribution in [0.4, 0.5) is 0 Å². The van der Waals surface area contributed by atoms with Crippen LogP contribution < -0.4 is 5.32 Å². The van der Waals surface area contributed by atoms with E-state index in [9.17, 15) is 0 Å². The molecule has 0 aromatic carbocycles. The highest BCUT2D eigenvalue weighted by Gasteiger charge is 2.27. The minimum Gasteiger partial charge on any atom is -0.375 e. The number of nitrogens with one attached hydrogen (secondary N) is 1. The van der Waals surface area contributed by atoms with Gasteiger partial charge in [-0.3, -0.25) is 0 Å². The molecule has 2 nitrogen and oxygen atoms in total. The molecule has 1 fully saturated rings. The molecule has 18 heavy (non-hydrogen) atoms. The average molecular weight is 251 g/mol. The van der Waals surface area contributed by atoms with Gasteiger partial charge >= 0.3 is 0 Å². The third kappa shape index (κ3) is 4.10. The first-order valence-electron chi connectivity index (χ1n) is 7.61. The Morgan fingerprint density at radius 1 is 1.28 bits per heavy atom. The first-order valence-corrected chi connectivity index (χ1v) is 7.61. The summed E-state index contributed by atoms with van der Waals surface area (Å²) < 4.78 is 5.90. The van der Waals surface area contributed by atoms with Crippen molar-refractivity contribution in [2.24, 2.45) is 5.41 Å². The van der Waals surface area contributed by atoms with Gasteiger partial charge in [0.25, 0.3) is 0 Å². The second-order valence-electron chi connectivity index (χ2n) is 6.62. The lowest BCUT2D eigenvalue weighted by molar-refractivity contribution is 0.0150. The Morgan fingerprint density at radius 3 is 2.72 bits per heavy atom. The lowest BCUT2D eigenvalue weighted by atomic mass is 9.76. The van der Waals surface area contributed by atoms with Gasteiger partial charge in [0, 0.05) is 0 Å². The van der Waals surface area contributed by atoms with Gasteiger partial charge in [0.1, 0.15) is 0 Å². The van der Waals surface area contributed by atoms with Crippen LogP contribution in [0.25, 0.3) is 0 Å². The summed E-state index contributed by atoms with van der Waals surface area (Å²) in [5.41, 5.74) is 2.19. The quantitative estimate of drug-likeness (QED) is 0.773. The van der Waals surface area contributed by atoms with E-state index in [0.29, 0.717) is 17.6 Å². The highest BCUT2D eigenvalue weighted by atomic mass is 16.5. The van der Waals surface area contributed by atoms with Crippen molar-refractivity contribution in [2.45, 2.75) is 71.5 Å². The maximum atomic E-state index is 5.90. The van der Waals surface area contributed by atoms with Crippen molar-refractivity contribution < 1.29 is 4.74 Å². The molecule has 2 heterocycles. The molecule has 0 amide bonds. The number of hydrogen-bond donors (Lipinski definition) is 1. The summed E-state index contributed by atoms with van der Waals surface area (Å²) in [6.45, 7) is 9.26. The van der Waals surface area contributed by atoms with Crippen molar-refractivity contribution in [3.05, 3.63) is 11.6 Å². The number of ether oxygens (including phenoxy) is 1. The van der Waals surface area contributed by atoms with Gasteiger partial charge in [-0.25, -0.2) is 0 Å². The zero-order valence-corrected chi connectivity index (χ0v) is 12.3. The van der Waals surface area contributed by atoms with Crippen LogP contribution in [0.1, 0.15) is 59.3 Å². The van der Waals surface area contributed by atoms with Crippen LogP contribution in [-0.2, 0) is 4.74 Å². The highest BCUT2D eigenvalue weighted by molar-refractivity contribution is 5.06. The Bertz CT molecular complexity index is 291. The van der Waals surface area contributed by atoms with Crippen LogP contribution in [0.5, 0.6) is 0 Å². The predicted molar refractivity (Wildman–Crippen MR) is 76.8 cm³/mol. The SMILES string of the molecule is C[C@@H]1CC=C(CCC2(C)CCNCC2)C[C@H](C)O1. The fourth-order valence-corrected chi connectivity index (χ4v) is 3.23. The van der Waals surface area contributed by atoms with E-state index in [-0.39, 0.29) is 0 Å². The van der Waals surface area contributed by atoms with Crippen molar-refractivity contribution >= 4 is 0 Å². The van der Waals surface area contributed by atoms with Gasteiger partial charge in [0.05, 0.1) is 12.2 Å². The Morgan fingerprint density at radius 2 is 2.00 bits per heavy atom. The molecule has 2 heteroatoms. The Hall–Kier alpha value is -0.340. The van der Waals surface area contributed by atoms with Gasteiger partial charge in [-0.1, -0.05) is 18.6 Å². The topological polar surface area (TPSA) is 21.3 Å². The van der Waals surface area contributed by atoms with E-state index < -0.39 is 0 Å². The van der Waals surface area contributed by atoms with Crippen LogP contribution in [0.2, 0.25) is 0 Å². The minimum absolute atomic E-state index is 0.395. The third-order valence-electron chi connectivity index (χ3n) is 4.61. The molecule has 0 unspecified atom stereocenters. The van der Waals surface area contributed by atoms with Crippen LogP contribution >= 0.6 is 0 Å². The lowest BCUT2D eigenvalue weighted by Crippen LogP contribution is -2.34. The van der Waals surface area contributed by atoms with Crippen molar-refractivity contribution in [3.63, 3.8) is 0 Å². The molecule has 0 aromatic rings. The van der Waals surface area contributed by atoms with Gasteiger partial charge in [-0.05, 0) is 70.9 Å². The maximum absolute atomic E-state index is 5.90. The van der Waals surface area contributed by atoms with Crippen LogP contribution in [0.3, 0.4) is 0 Å². The summed E-state index contributed by atoms with van der Waals surface area (Å²) in [4.78, 5) is 0. The van der Waals surface area contributed by atoms with E-state index in [1.165, 1.54) is 38.8 Å². The fourth-order valence-electron chi connectivity index (χ4n) is 3.23. The van der Waals surface area contributed by atoms with E-state index in [1.807, 2.05) is 0 Å². The second-order valence-corrected chi connectivity index (χ2v) is 6.62. The van der Waals surface area contributed by atoms with Crippen LogP contribution in [0.15, 0.2) is 11.6 Å². The zero-order chi connectivity index (χ0) is 13.0. The van der Waals surface area contributed by atoms with E-state index in [2.05, 4.69) is 32.2 Å². The van der Waals surface area contributed by atoms with Gasteiger partial charge < -0.3 is 10.1 Å². The molecule has 0 aromatic heterocycles. The molecule has 0 spiro atoms. The number of hydrogen-bond acceptors (Lipinski definition) is 2. The van der Waals surface area contributed by atoms with Gasteiger partial charge in [-0.15, -0.1) is 0 Å². The first kappa shape index (κ1) is 14.1. The molecule has 0 saturated carbocycles.